The number of benzene rings is 1. The molecule has 0 aliphatic heterocycles. The molecule has 0 fully saturated rings. The second-order valence-corrected chi connectivity index (χ2v) is 6.65. The van der Waals surface area contributed by atoms with Crippen molar-refractivity contribution in [1.29, 1.82) is 5.26 Å². The summed E-state index contributed by atoms with van der Waals surface area (Å²) in [6.07, 6.45) is 0. The molecule has 1 atom stereocenters. The third-order valence-electron chi connectivity index (χ3n) is 3.03. The van der Waals surface area contributed by atoms with E-state index in [2.05, 4.69) is 47.2 Å². The molecule has 0 bridgehead atoms. The smallest absolute Gasteiger partial charge is 0.0991 e. The molecule has 1 aromatic heterocycles. The minimum absolute atomic E-state index is 0.272. The summed E-state index contributed by atoms with van der Waals surface area (Å²) >= 11 is 5.34. The fourth-order valence-electron chi connectivity index (χ4n) is 1.82. The Kier molecular flexibility index (Phi) is 4.76. The maximum atomic E-state index is 8.78. The number of halogens is 1. The van der Waals surface area contributed by atoms with Crippen LogP contribution in [0.2, 0.25) is 0 Å². The van der Waals surface area contributed by atoms with Gasteiger partial charge in [-0.1, -0.05) is 12.1 Å². The highest BCUT2D eigenvalue weighted by Gasteiger charge is 2.07. The Labute approximate surface area is 126 Å². The molecule has 1 N–H and O–H groups in total. The van der Waals surface area contributed by atoms with E-state index >= 15 is 0 Å². The molecule has 1 unspecified atom stereocenters. The first-order valence-corrected chi connectivity index (χ1v) is 7.69. The summed E-state index contributed by atoms with van der Waals surface area (Å²) in [6.45, 7) is 5.11. The standard InChI is InChI=1S/C15H15BrN2S/c1-10(13-5-3-12(8-17)4-6-13)18-9-14-7-15(16)11(2)19-14/h3-7,10,18H,9H2,1-2H3. The monoisotopic (exact) mass is 334 g/mol. The molecule has 2 rings (SSSR count). The number of nitrogens with zero attached hydrogens (tertiary/aromatic N) is 1. The SMILES string of the molecule is Cc1sc(CNC(C)c2ccc(C#N)cc2)cc1Br. The van der Waals surface area contributed by atoms with Crippen LogP contribution < -0.4 is 5.32 Å². The highest BCUT2D eigenvalue weighted by Crippen LogP contribution is 2.26. The van der Waals surface area contributed by atoms with Crippen molar-refractivity contribution in [2.75, 3.05) is 0 Å². The second-order valence-electron chi connectivity index (χ2n) is 4.45. The van der Waals surface area contributed by atoms with Crippen LogP contribution in [0.4, 0.5) is 0 Å². The first-order valence-electron chi connectivity index (χ1n) is 6.08. The van der Waals surface area contributed by atoms with Gasteiger partial charge in [0.1, 0.15) is 0 Å². The molecule has 2 aromatic rings. The minimum atomic E-state index is 0.272. The molecular weight excluding hydrogens is 320 g/mol. The Morgan fingerprint density at radius 1 is 1.37 bits per heavy atom. The molecule has 0 aliphatic carbocycles. The molecule has 1 heterocycles. The van der Waals surface area contributed by atoms with E-state index < -0.39 is 0 Å². The number of nitriles is 1. The summed E-state index contributed by atoms with van der Waals surface area (Å²) in [5, 5.41) is 12.3. The Hall–Kier alpha value is -1.15. The number of hydrogen-bond donors (Lipinski definition) is 1. The zero-order valence-electron chi connectivity index (χ0n) is 10.9. The van der Waals surface area contributed by atoms with Crippen LogP contribution in [0.25, 0.3) is 0 Å². The van der Waals surface area contributed by atoms with Crippen molar-refractivity contribution < 1.29 is 0 Å². The molecule has 98 valence electrons. The molecule has 0 saturated carbocycles. The van der Waals surface area contributed by atoms with Crippen LogP contribution in [0.1, 0.15) is 33.8 Å². The lowest BCUT2D eigenvalue weighted by Gasteiger charge is -2.13. The summed E-state index contributed by atoms with van der Waals surface area (Å²) < 4.78 is 1.18. The maximum absolute atomic E-state index is 8.78. The van der Waals surface area contributed by atoms with E-state index in [0.29, 0.717) is 5.56 Å². The van der Waals surface area contributed by atoms with E-state index in [1.807, 2.05) is 24.3 Å². The van der Waals surface area contributed by atoms with Gasteiger partial charge in [0, 0.05) is 26.8 Å². The van der Waals surface area contributed by atoms with Gasteiger partial charge in [0.25, 0.3) is 0 Å². The Morgan fingerprint density at radius 2 is 2.05 bits per heavy atom. The molecule has 0 saturated heterocycles. The quantitative estimate of drug-likeness (QED) is 0.890. The first kappa shape index (κ1) is 14.3. The van der Waals surface area contributed by atoms with E-state index in [1.165, 1.54) is 19.8 Å². The lowest BCUT2D eigenvalue weighted by atomic mass is 10.1. The molecular formula is C15H15BrN2S. The van der Waals surface area contributed by atoms with Crippen molar-refractivity contribution in [1.82, 2.24) is 5.32 Å². The van der Waals surface area contributed by atoms with Crippen molar-refractivity contribution >= 4 is 27.3 Å². The van der Waals surface area contributed by atoms with E-state index in [-0.39, 0.29) is 6.04 Å². The van der Waals surface area contributed by atoms with Gasteiger partial charge in [0.05, 0.1) is 11.6 Å². The first-order chi connectivity index (χ1) is 9.10. The number of hydrogen-bond acceptors (Lipinski definition) is 3. The molecule has 0 radical (unpaired) electrons. The minimum Gasteiger partial charge on any atom is -0.305 e. The third kappa shape index (κ3) is 3.66. The predicted octanol–water partition coefficient (Wildman–Crippen LogP) is 4.54. The lowest BCUT2D eigenvalue weighted by molar-refractivity contribution is 0.579. The number of rotatable bonds is 4. The van der Waals surface area contributed by atoms with Crippen LogP contribution in [0.3, 0.4) is 0 Å². The molecule has 1 aromatic carbocycles. The van der Waals surface area contributed by atoms with Gasteiger partial charge in [-0.2, -0.15) is 5.26 Å². The van der Waals surface area contributed by atoms with Gasteiger partial charge in [-0.3, -0.25) is 0 Å². The normalized spacial score (nSPS) is 12.1. The van der Waals surface area contributed by atoms with Crippen molar-refractivity contribution in [2.45, 2.75) is 26.4 Å². The molecule has 4 heteroatoms. The summed E-state index contributed by atoms with van der Waals surface area (Å²) in [6, 6.07) is 12.3. The number of aryl methyl sites for hydroxylation is 1. The van der Waals surface area contributed by atoms with Crippen molar-refractivity contribution in [3.63, 3.8) is 0 Å². The highest BCUT2D eigenvalue weighted by atomic mass is 79.9. The van der Waals surface area contributed by atoms with Gasteiger partial charge in [0.2, 0.25) is 0 Å². The van der Waals surface area contributed by atoms with Crippen LogP contribution in [-0.4, -0.2) is 0 Å². The van der Waals surface area contributed by atoms with Crippen LogP contribution in [0.15, 0.2) is 34.8 Å². The topological polar surface area (TPSA) is 35.8 Å². The van der Waals surface area contributed by atoms with Crippen molar-refractivity contribution in [2.24, 2.45) is 0 Å². The Bertz CT molecular complexity index is 576. The van der Waals surface area contributed by atoms with Crippen molar-refractivity contribution in [3.05, 3.63) is 55.7 Å². The number of thiophene rings is 1. The van der Waals surface area contributed by atoms with Gasteiger partial charge in [-0.25, -0.2) is 0 Å². The molecule has 0 aliphatic rings. The Balaban J connectivity index is 1.97. The average Bonchev–Trinajstić information content (AvgIpc) is 2.75. The lowest BCUT2D eigenvalue weighted by Crippen LogP contribution is -2.17. The summed E-state index contributed by atoms with van der Waals surface area (Å²) in [7, 11) is 0. The molecule has 0 spiro atoms. The largest absolute Gasteiger partial charge is 0.305 e. The van der Waals surface area contributed by atoms with E-state index in [0.717, 1.165) is 6.54 Å². The summed E-state index contributed by atoms with van der Waals surface area (Å²) in [5.41, 5.74) is 1.90. The van der Waals surface area contributed by atoms with Crippen molar-refractivity contribution in [3.8, 4) is 6.07 Å². The van der Waals surface area contributed by atoms with E-state index in [1.54, 1.807) is 11.3 Å². The summed E-state index contributed by atoms with van der Waals surface area (Å²) in [5.74, 6) is 0. The van der Waals surface area contributed by atoms with Crippen LogP contribution in [0, 0.1) is 18.3 Å². The van der Waals surface area contributed by atoms with Crippen LogP contribution in [-0.2, 0) is 6.54 Å². The van der Waals surface area contributed by atoms with Gasteiger partial charge in [0.15, 0.2) is 0 Å². The van der Waals surface area contributed by atoms with Crippen LogP contribution in [0.5, 0.6) is 0 Å². The average molecular weight is 335 g/mol. The fourth-order valence-corrected chi connectivity index (χ4v) is 3.38. The van der Waals surface area contributed by atoms with Gasteiger partial charge in [-0.15, -0.1) is 11.3 Å². The van der Waals surface area contributed by atoms with Gasteiger partial charge >= 0.3 is 0 Å². The van der Waals surface area contributed by atoms with Crippen LogP contribution >= 0.6 is 27.3 Å². The van der Waals surface area contributed by atoms with E-state index in [4.69, 9.17) is 5.26 Å². The third-order valence-corrected chi connectivity index (χ3v) is 5.17. The van der Waals surface area contributed by atoms with Gasteiger partial charge < -0.3 is 5.32 Å². The molecule has 19 heavy (non-hydrogen) atoms. The van der Waals surface area contributed by atoms with E-state index in [9.17, 15) is 0 Å². The molecule has 2 nitrogen and oxygen atoms in total. The fraction of sp³-hybridized carbons (Fsp3) is 0.267. The predicted molar refractivity (Wildman–Crippen MR) is 83.2 cm³/mol. The highest BCUT2D eigenvalue weighted by molar-refractivity contribution is 9.10. The van der Waals surface area contributed by atoms with Gasteiger partial charge in [-0.05, 0) is 53.5 Å². The number of nitrogens with one attached hydrogen (secondary N) is 1. The maximum Gasteiger partial charge on any atom is 0.0991 e. The second kappa shape index (κ2) is 6.33. The zero-order valence-corrected chi connectivity index (χ0v) is 13.3. The molecule has 0 amide bonds. The zero-order chi connectivity index (χ0) is 13.8. The summed E-state index contributed by atoms with van der Waals surface area (Å²) in [4.78, 5) is 2.63. The Morgan fingerprint density at radius 3 is 2.58 bits per heavy atom.